The van der Waals surface area contributed by atoms with Gasteiger partial charge in [-0.2, -0.15) is 0 Å². The number of alkyl halides is 1. The van der Waals surface area contributed by atoms with Gasteiger partial charge in [0.1, 0.15) is 0 Å². The second-order valence-corrected chi connectivity index (χ2v) is 6.35. The van der Waals surface area contributed by atoms with Crippen LogP contribution < -0.4 is 0 Å². The molecule has 2 rings (SSSR count). The van der Waals surface area contributed by atoms with Crippen molar-refractivity contribution in [2.45, 2.75) is 62.5 Å². The van der Waals surface area contributed by atoms with E-state index in [4.69, 9.17) is 4.74 Å². The van der Waals surface area contributed by atoms with Gasteiger partial charge in [0.2, 0.25) is 0 Å². The first-order chi connectivity index (χ1) is 8.79. The van der Waals surface area contributed by atoms with E-state index < -0.39 is 0 Å². The summed E-state index contributed by atoms with van der Waals surface area (Å²) >= 11 is 3.76. The topological polar surface area (TPSA) is 9.23 Å². The van der Waals surface area contributed by atoms with Crippen LogP contribution in [0.5, 0.6) is 0 Å². The van der Waals surface area contributed by atoms with E-state index in [1.807, 2.05) is 0 Å². The summed E-state index contributed by atoms with van der Waals surface area (Å²) < 4.78 is 6.25. The lowest BCUT2D eigenvalue weighted by molar-refractivity contribution is -0.0101. The lowest BCUT2D eigenvalue weighted by atomic mass is 10.0. The summed E-state index contributed by atoms with van der Waals surface area (Å²) in [7, 11) is 0. The number of hydrogen-bond acceptors (Lipinski definition) is 1. The fraction of sp³-hybridized carbons (Fsp3) is 0.625. The third-order valence-corrected chi connectivity index (χ3v) is 4.82. The zero-order chi connectivity index (χ0) is 12.8. The SMILES string of the molecule is CC[C@@H]1O[C@@H](CCc2ccccc2)CCC[C@H]1Br. The fourth-order valence-electron chi connectivity index (χ4n) is 2.66. The van der Waals surface area contributed by atoms with E-state index >= 15 is 0 Å². The number of aryl methyl sites for hydroxylation is 1. The molecule has 0 aliphatic carbocycles. The van der Waals surface area contributed by atoms with Gasteiger partial charge in [0, 0.05) is 4.83 Å². The molecule has 1 nitrogen and oxygen atoms in total. The molecule has 1 saturated heterocycles. The largest absolute Gasteiger partial charge is 0.374 e. The molecule has 0 amide bonds. The Kier molecular flexibility index (Phi) is 5.71. The highest BCUT2D eigenvalue weighted by Crippen LogP contribution is 2.28. The smallest absolute Gasteiger partial charge is 0.0701 e. The molecule has 1 aromatic rings. The van der Waals surface area contributed by atoms with Crippen molar-refractivity contribution in [3.05, 3.63) is 35.9 Å². The summed E-state index contributed by atoms with van der Waals surface area (Å²) in [5.41, 5.74) is 1.42. The average molecular weight is 311 g/mol. The van der Waals surface area contributed by atoms with Crippen molar-refractivity contribution >= 4 is 15.9 Å². The molecule has 1 aliphatic heterocycles. The molecule has 1 aromatic carbocycles. The Morgan fingerprint density at radius 3 is 2.72 bits per heavy atom. The third-order valence-electron chi connectivity index (χ3n) is 3.78. The Bertz CT molecular complexity index is 338. The van der Waals surface area contributed by atoms with Crippen LogP contribution in [0.4, 0.5) is 0 Å². The van der Waals surface area contributed by atoms with E-state index in [1.165, 1.54) is 24.8 Å². The van der Waals surface area contributed by atoms with Crippen LogP contribution in [-0.4, -0.2) is 17.0 Å². The van der Waals surface area contributed by atoms with Gasteiger partial charge < -0.3 is 4.74 Å². The number of rotatable bonds is 4. The minimum absolute atomic E-state index is 0.397. The minimum atomic E-state index is 0.397. The normalized spacial score (nSPS) is 28.9. The molecule has 1 aliphatic rings. The monoisotopic (exact) mass is 310 g/mol. The summed E-state index contributed by atoms with van der Waals surface area (Å²) in [4.78, 5) is 0.546. The maximum atomic E-state index is 6.25. The van der Waals surface area contributed by atoms with Crippen molar-refractivity contribution in [1.29, 1.82) is 0 Å². The number of ether oxygens (including phenoxy) is 1. The lowest BCUT2D eigenvalue weighted by Gasteiger charge is -2.23. The van der Waals surface area contributed by atoms with Crippen LogP contribution in [0.1, 0.15) is 44.6 Å². The fourth-order valence-corrected chi connectivity index (χ4v) is 3.49. The Hall–Kier alpha value is -0.340. The molecule has 0 spiro atoms. The van der Waals surface area contributed by atoms with E-state index in [1.54, 1.807) is 0 Å². The quantitative estimate of drug-likeness (QED) is 0.730. The van der Waals surface area contributed by atoms with Crippen molar-refractivity contribution in [2.24, 2.45) is 0 Å². The predicted molar refractivity (Wildman–Crippen MR) is 80.3 cm³/mol. The van der Waals surface area contributed by atoms with Crippen molar-refractivity contribution in [3.63, 3.8) is 0 Å². The van der Waals surface area contributed by atoms with Gasteiger partial charge in [-0.3, -0.25) is 0 Å². The lowest BCUT2D eigenvalue weighted by Crippen LogP contribution is -2.26. The molecule has 0 radical (unpaired) electrons. The Labute approximate surface area is 119 Å². The van der Waals surface area contributed by atoms with Gasteiger partial charge in [-0.1, -0.05) is 53.2 Å². The maximum Gasteiger partial charge on any atom is 0.0701 e. The zero-order valence-electron chi connectivity index (χ0n) is 11.1. The average Bonchev–Trinajstić information content (AvgIpc) is 2.59. The molecule has 2 heteroatoms. The number of halogens is 1. The second kappa shape index (κ2) is 7.30. The summed E-state index contributed by atoms with van der Waals surface area (Å²) in [5, 5.41) is 0. The first-order valence-corrected chi connectivity index (χ1v) is 8.04. The van der Waals surface area contributed by atoms with Crippen LogP contribution in [0.3, 0.4) is 0 Å². The highest BCUT2D eigenvalue weighted by Gasteiger charge is 2.25. The van der Waals surface area contributed by atoms with Crippen LogP contribution in [-0.2, 0) is 11.2 Å². The first-order valence-electron chi connectivity index (χ1n) is 7.13. The Morgan fingerprint density at radius 2 is 2.00 bits per heavy atom. The summed E-state index contributed by atoms with van der Waals surface area (Å²) in [5.74, 6) is 0. The summed E-state index contributed by atoms with van der Waals surface area (Å²) in [6, 6.07) is 10.7. The molecule has 0 bridgehead atoms. The molecule has 18 heavy (non-hydrogen) atoms. The Balaban J connectivity index is 1.85. The van der Waals surface area contributed by atoms with Crippen molar-refractivity contribution in [2.75, 3.05) is 0 Å². The van der Waals surface area contributed by atoms with Gasteiger partial charge in [-0.25, -0.2) is 0 Å². The molecule has 1 heterocycles. The molecule has 1 fully saturated rings. The highest BCUT2D eigenvalue weighted by molar-refractivity contribution is 9.09. The molecular formula is C16H23BrO. The van der Waals surface area contributed by atoms with Crippen LogP contribution in [0.2, 0.25) is 0 Å². The predicted octanol–water partition coefficient (Wildman–Crippen LogP) is 4.73. The molecule has 0 saturated carbocycles. The standard InChI is InChI=1S/C16H23BrO/c1-2-16-15(17)10-6-9-14(18-16)12-11-13-7-4-3-5-8-13/h3-5,7-8,14-16H,2,6,9-12H2,1H3/t14-,15-,16+/m1/s1. The van der Waals surface area contributed by atoms with Crippen molar-refractivity contribution in [1.82, 2.24) is 0 Å². The van der Waals surface area contributed by atoms with Crippen LogP contribution in [0.25, 0.3) is 0 Å². The molecule has 0 unspecified atom stereocenters. The van der Waals surface area contributed by atoms with E-state index in [2.05, 4.69) is 53.2 Å². The molecular weight excluding hydrogens is 288 g/mol. The van der Waals surface area contributed by atoms with Gasteiger partial charge in [0.25, 0.3) is 0 Å². The molecule has 3 atom stereocenters. The number of benzene rings is 1. The minimum Gasteiger partial charge on any atom is -0.374 e. The van der Waals surface area contributed by atoms with E-state index in [0.717, 1.165) is 19.3 Å². The van der Waals surface area contributed by atoms with Crippen LogP contribution in [0.15, 0.2) is 30.3 Å². The Morgan fingerprint density at radius 1 is 1.22 bits per heavy atom. The molecule has 0 aromatic heterocycles. The third kappa shape index (κ3) is 4.10. The summed E-state index contributed by atoms with van der Waals surface area (Å²) in [6.07, 6.45) is 7.98. The maximum absolute atomic E-state index is 6.25. The first kappa shape index (κ1) is 14.1. The van der Waals surface area contributed by atoms with Gasteiger partial charge in [-0.15, -0.1) is 0 Å². The van der Waals surface area contributed by atoms with Crippen molar-refractivity contribution < 1.29 is 4.74 Å². The van der Waals surface area contributed by atoms with Crippen LogP contribution >= 0.6 is 15.9 Å². The van der Waals surface area contributed by atoms with Crippen molar-refractivity contribution in [3.8, 4) is 0 Å². The molecule has 100 valence electrons. The van der Waals surface area contributed by atoms with Gasteiger partial charge in [0.15, 0.2) is 0 Å². The highest BCUT2D eigenvalue weighted by atomic mass is 79.9. The van der Waals surface area contributed by atoms with Gasteiger partial charge >= 0.3 is 0 Å². The van der Waals surface area contributed by atoms with Crippen LogP contribution in [0, 0.1) is 0 Å². The summed E-state index contributed by atoms with van der Waals surface area (Å²) in [6.45, 7) is 2.22. The van der Waals surface area contributed by atoms with Gasteiger partial charge in [0.05, 0.1) is 12.2 Å². The molecule has 0 N–H and O–H groups in total. The van der Waals surface area contributed by atoms with E-state index in [0.29, 0.717) is 17.0 Å². The van der Waals surface area contributed by atoms with Gasteiger partial charge in [-0.05, 0) is 44.1 Å². The second-order valence-electron chi connectivity index (χ2n) is 5.18. The zero-order valence-corrected chi connectivity index (χ0v) is 12.7. The van der Waals surface area contributed by atoms with E-state index in [-0.39, 0.29) is 0 Å². The number of hydrogen-bond donors (Lipinski definition) is 0. The van der Waals surface area contributed by atoms with E-state index in [9.17, 15) is 0 Å².